The summed E-state index contributed by atoms with van der Waals surface area (Å²) in [6, 6.07) is 0. The maximum Gasteiger partial charge on any atom is 0.222 e. The highest BCUT2D eigenvalue weighted by Crippen LogP contribution is 2.09. The van der Waals surface area contributed by atoms with E-state index in [1.165, 1.54) is 57.8 Å². The van der Waals surface area contributed by atoms with Crippen molar-refractivity contribution in [1.82, 2.24) is 15.5 Å². The molecule has 36 heavy (non-hydrogen) atoms. The van der Waals surface area contributed by atoms with Crippen LogP contribution in [0.3, 0.4) is 0 Å². The first-order chi connectivity index (χ1) is 17.5. The fourth-order valence-corrected chi connectivity index (χ4v) is 4.35. The van der Waals surface area contributed by atoms with Crippen LogP contribution >= 0.6 is 0 Å². The van der Waals surface area contributed by atoms with Gasteiger partial charge in [0.25, 0.3) is 0 Å². The van der Waals surface area contributed by atoms with Crippen LogP contribution < -0.4 is 10.6 Å². The van der Waals surface area contributed by atoms with Gasteiger partial charge in [0.05, 0.1) is 0 Å². The SMILES string of the molecule is CCCCCCCC(=O)NCCCN(CCCNC(=O)CCCCCCC)C(=O)CCCCCCC. The molecule has 0 spiro atoms. The van der Waals surface area contributed by atoms with E-state index in [2.05, 4.69) is 31.4 Å². The van der Waals surface area contributed by atoms with E-state index >= 15 is 0 Å². The monoisotopic (exact) mass is 509 g/mol. The van der Waals surface area contributed by atoms with Crippen LogP contribution in [0.5, 0.6) is 0 Å². The molecule has 6 heteroatoms. The Labute approximate surface area is 223 Å². The minimum Gasteiger partial charge on any atom is -0.356 e. The molecule has 0 aromatic heterocycles. The van der Waals surface area contributed by atoms with Gasteiger partial charge in [-0.15, -0.1) is 0 Å². The summed E-state index contributed by atoms with van der Waals surface area (Å²) in [6.45, 7) is 9.14. The number of nitrogens with one attached hydrogen (secondary N) is 2. The van der Waals surface area contributed by atoms with Gasteiger partial charge in [-0.3, -0.25) is 14.4 Å². The molecule has 0 saturated carbocycles. The van der Waals surface area contributed by atoms with Gasteiger partial charge < -0.3 is 15.5 Å². The van der Waals surface area contributed by atoms with Gasteiger partial charge in [-0.05, 0) is 32.1 Å². The maximum absolute atomic E-state index is 12.8. The molecule has 0 aromatic rings. The Morgan fingerprint density at radius 2 is 0.833 bits per heavy atom. The van der Waals surface area contributed by atoms with Crippen molar-refractivity contribution < 1.29 is 14.4 Å². The summed E-state index contributed by atoms with van der Waals surface area (Å²) in [6.07, 6.45) is 20.5. The second-order valence-corrected chi connectivity index (χ2v) is 10.3. The van der Waals surface area contributed by atoms with Crippen molar-refractivity contribution in [3.05, 3.63) is 0 Å². The van der Waals surface area contributed by atoms with Crippen LogP contribution in [0.2, 0.25) is 0 Å². The third-order valence-electron chi connectivity index (χ3n) is 6.72. The number of amides is 3. The minimum absolute atomic E-state index is 0.123. The zero-order valence-electron chi connectivity index (χ0n) is 24.1. The van der Waals surface area contributed by atoms with E-state index in [9.17, 15) is 14.4 Å². The van der Waals surface area contributed by atoms with E-state index in [4.69, 9.17) is 0 Å². The summed E-state index contributed by atoms with van der Waals surface area (Å²) >= 11 is 0. The van der Waals surface area contributed by atoms with Gasteiger partial charge in [-0.2, -0.15) is 0 Å². The fraction of sp³-hybridized carbons (Fsp3) is 0.900. The van der Waals surface area contributed by atoms with Crippen LogP contribution in [-0.2, 0) is 14.4 Å². The Bertz CT molecular complexity index is 506. The van der Waals surface area contributed by atoms with Gasteiger partial charge in [0, 0.05) is 45.4 Å². The Kier molecular flexibility index (Phi) is 25.3. The zero-order chi connectivity index (χ0) is 26.7. The van der Waals surface area contributed by atoms with E-state index in [0.717, 1.165) is 51.4 Å². The molecule has 2 N–H and O–H groups in total. The molecule has 0 bridgehead atoms. The van der Waals surface area contributed by atoms with Gasteiger partial charge in [-0.1, -0.05) is 97.8 Å². The lowest BCUT2D eigenvalue weighted by Gasteiger charge is -2.23. The Morgan fingerprint density at radius 1 is 0.472 bits per heavy atom. The minimum atomic E-state index is 0.123. The first-order valence-electron chi connectivity index (χ1n) is 15.4. The lowest BCUT2D eigenvalue weighted by molar-refractivity contribution is -0.131. The summed E-state index contributed by atoms with van der Waals surface area (Å²) in [5, 5.41) is 6.03. The average molecular weight is 510 g/mol. The topological polar surface area (TPSA) is 78.5 Å². The number of unbranched alkanes of at least 4 members (excludes halogenated alkanes) is 12. The van der Waals surface area contributed by atoms with Gasteiger partial charge in [-0.25, -0.2) is 0 Å². The van der Waals surface area contributed by atoms with Gasteiger partial charge >= 0.3 is 0 Å². The molecule has 3 amide bonds. The number of rotatable bonds is 26. The third kappa shape index (κ3) is 22.8. The zero-order valence-corrected chi connectivity index (χ0v) is 24.1. The summed E-state index contributed by atoms with van der Waals surface area (Å²) in [7, 11) is 0. The average Bonchev–Trinajstić information content (AvgIpc) is 2.87. The number of carbonyl (C=O) groups is 3. The maximum atomic E-state index is 12.8. The van der Waals surface area contributed by atoms with E-state index in [0.29, 0.717) is 45.4 Å². The Morgan fingerprint density at radius 3 is 1.22 bits per heavy atom. The van der Waals surface area contributed by atoms with Crippen molar-refractivity contribution in [2.75, 3.05) is 26.2 Å². The van der Waals surface area contributed by atoms with Crippen LogP contribution in [0, 0.1) is 0 Å². The largest absolute Gasteiger partial charge is 0.356 e. The van der Waals surface area contributed by atoms with Gasteiger partial charge in [0.15, 0.2) is 0 Å². The quantitative estimate of drug-likeness (QED) is 0.124. The van der Waals surface area contributed by atoms with Crippen molar-refractivity contribution >= 4 is 17.7 Å². The lowest BCUT2D eigenvalue weighted by atomic mass is 10.1. The molecule has 0 fully saturated rings. The Hall–Kier alpha value is -1.59. The van der Waals surface area contributed by atoms with Crippen LogP contribution in [0.4, 0.5) is 0 Å². The molecule has 6 nitrogen and oxygen atoms in total. The first kappa shape index (κ1) is 34.4. The van der Waals surface area contributed by atoms with Crippen LogP contribution in [0.15, 0.2) is 0 Å². The van der Waals surface area contributed by atoms with Crippen molar-refractivity contribution in [2.45, 2.75) is 149 Å². The molecule has 0 saturated heterocycles. The molecule has 212 valence electrons. The van der Waals surface area contributed by atoms with Crippen LogP contribution in [-0.4, -0.2) is 48.8 Å². The van der Waals surface area contributed by atoms with E-state index in [1.54, 1.807) is 0 Å². The molecule has 0 aliphatic carbocycles. The molecule has 0 aromatic carbocycles. The van der Waals surface area contributed by atoms with E-state index in [1.807, 2.05) is 4.90 Å². The molecule has 0 aliphatic rings. The molecular formula is C30H59N3O3. The molecule has 0 atom stereocenters. The first-order valence-corrected chi connectivity index (χ1v) is 15.4. The van der Waals surface area contributed by atoms with Gasteiger partial charge in [0.2, 0.25) is 17.7 Å². The van der Waals surface area contributed by atoms with E-state index in [-0.39, 0.29) is 17.7 Å². The van der Waals surface area contributed by atoms with Crippen molar-refractivity contribution in [1.29, 1.82) is 0 Å². The fourth-order valence-electron chi connectivity index (χ4n) is 4.35. The molecule has 0 rings (SSSR count). The van der Waals surface area contributed by atoms with Crippen molar-refractivity contribution in [3.8, 4) is 0 Å². The standard InChI is InChI=1S/C30H59N3O3/c1-4-7-10-13-16-21-28(34)31-24-19-26-33(30(36)23-18-15-12-9-6-3)27-20-25-32-29(35)22-17-14-11-8-5-2/h4-27H2,1-3H3,(H,31,34)(H,32,35). The summed E-state index contributed by atoms with van der Waals surface area (Å²) < 4.78 is 0. The Balaban J connectivity index is 4.25. The van der Waals surface area contributed by atoms with Gasteiger partial charge in [0.1, 0.15) is 0 Å². The van der Waals surface area contributed by atoms with E-state index < -0.39 is 0 Å². The van der Waals surface area contributed by atoms with Crippen LogP contribution in [0.25, 0.3) is 0 Å². The number of hydrogen-bond acceptors (Lipinski definition) is 3. The predicted octanol–water partition coefficient (Wildman–Crippen LogP) is 6.91. The van der Waals surface area contributed by atoms with Crippen molar-refractivity contribution in [2.24, 2.45) is 0 Å². The summed E-state index contributed by atoms with van der Waals surface area (Å²) in [4.78, 5) is 38.9. The summed E-state index contributed by atoms with van der Waals surface area (Å²) in [5.74, 6) is 0.450. The third-order valence-corrected chi connectivity index (χ3v) is 6.72. The second-order valence-electron chi connectivity index (χ2n) is 10.3. The summed E-state index contributed by atoms with van der Waals surface area (Å²) in [5.41, 5.74) is 0. The molecule has 0 unspecified atom stereocenters. The highest BCUT2D eigenvalue weighted by molar-refractivity contribution is 5.77. The molecule has 0 heterocycles. The number of nitrogens with zero attached hydrogens (tertiary/aromatic N) is 1. The molecular weight excluding hydrogens is 450 g/mol. The highest BCUT2D eigenvalue weighted by Gasteiger charge is 2.13. The molecule has 0 radical (unpaired) electrons. The lowest BCUT2D eigenvalue weighted by Crippen LogP contribution is -2.36. The smallest absolute Gasteiger partial charge is 0.222 e. The number of hydrogen-bond donors (Lipinski definition) is 2. The number of carbonyl (C=O) groups excluding carboxylic acids is 3. The normalized spacial score (nSPS) is 10.9. The highest BCUT2D eigenvalue weighted by atomic mass is 16.2. The second kappa shape index (κ2) is 26.5. The van der Waals surface area contributed by atoms with Crippen molar-refractivity contribution in [3.63, 3.8) is 0 Å². The van der Waals surface area contributed by atoms with Crippen LogP contribution in [0.1, 0.15) is 149 Å². The predicted molar refractivity (Wildman–Crippen MR) is 152 cm³/mol. The molecule has 0 aliphatic heterocycles.